The fourth-order valence-electron chi connectivity index (χ4n) is 1.93. The van der Waals surface area contributed by atoms with Gasteiger partial charge in [-0.2, -0.15) is 0 Å². The lowest BCUT2D eigenvalue weighted by Gasteiger charge is -2.25. The Bertz CT molecular complexity index is 599. The van der Waals surface area contributed by atoms with E-state index in [1.165, 1.54) is 19.2 Å². The Morgan fingerprint density at radius 3 is 2.09 bits per heavy atom. The third-order valence-electron chi connectivity index (χ3n) is 2.57. The highest BCUT2D eigenvalue weighted by Crippen LogP contribution is 2.31. The summed E-state index contributed by atoms with van der Waals surface area (Å²) in [5.41, 5.74) is 0.691. The predicted octanol–water partition coefficient (Wildman–Crippen LogP) is 5.39. The van der Waals surface area contributed by atoms with E-state index in [9.17, 15) is 4.39 Å². The van der Waals surface area contributed by atoms with Crippen molar-refractivity contribution in [2.75, 3.05) is 7.11 Å². The first-order chi connectivity index (χ1) is 10.4. The summed E-state index contributed by atoms with van der Waals surface area (Å²) in [6.45, 7) is 16.5. The summed E-state index contributed by atoms with van der Waals surface area (Å²) in [7, 11) is -2.13. The highest BCUT2D eigenvalue weighted by molar-refractivity contribution is 6.70. The number of methoxy groups -OCH3 is 1. The van der Waals surface area contributed by atoms with Crippen LogP contribution in [0.15, 0.2) is 36.6 Å². The minimum absolute atomic E-state index is 0.352. The molecule has 0 spiro atoms. The lowest BCUT2D eigenvalue weighted by atomic mass is 10.1. The Balaban J connectivity index is 3.28. The summed E-state index contributed by atoms with van der Waals surface area (Å²) in [6, 6.07) is 4.39. The van der Waals surface area contributed by atoms with Crippen molar-refractivity contribution in [2.24, 2.45) is 0 Å². The Labute approximate surface area is 141 Å². The van der Waals surface area contributed by atoms with Crippen LogP contribution in [0, 0.1) is 5.82 Å². The van der Waals surface area contributed by atoms with Crippen LogP contribution >= 0.6 is 0 Å². The van der Waals surface area contributed by atoms with Crippen LogP contribution in [-0.2, 0) is 8.85 Å². The molecule has 23 heavy (non-hydrogen) atoms. The highest BCUT2D eigenvalue weighted by atomic mass is 28.4. The van der Waals surface area contributed by atoms with Crippen molar-refractivity contribution in [3.05, 3.63) is 48.0 Å². The minimum atomic E-state index is -1.88. The molecule has 0 heterocycles. The van der Waals surface area contributed by atoms with Gasteiger partial charge in [0, 0.05) is 12.1 Å². The van der Waals surface area contributed by atoms with Gasteiger partial charge in [0.05, 0.1) is 18.4 Å². The van der Waals surface area contributed by atoms with Gasteiger partial charge < -0.3 is 13.6 Å². The van der Waals surface area contributed by atoms with Crippen molar-refractivity contribution in [3.63, 3.8) is 0 Å². The second-order valence-electron chi connectivity index (χ2n) is 7.25. The van der Waals surface area contributed by atoms with Crippen LogP contribution in [0.25, 0.3) is 5.76 Å². The quantitative estimate of drug-likeness (QED) is 0.373. The third kappa shape index (κ3) is 7.05. The van der Waals surface area contributed by atoms with Crippen LogP contribution in [-0.4, -0.2) is 23.7 Å². The van der Waals surface area contributed by atoms with Gasteiger partial charge in [0.15, 0.2) is 0 Å². The van der Waals surface area contributed by atoms with Crippen LogP contribution in [0.3, 0.4) is 0 Å². The van der Waals surface area contributed by atoms with Gasteiger partial charge in [-0.3, -0.25) is 0 Å². The summed E-state index contributed by atoms with van der Waals surface area (Å²) in [5.74, 6) is 1.22. The Hall–Kier alpha value is -1.54. The first kappa shape index (κ1) is 19.5. The smallest absolute Gasteiger partial charge is 0.242 e. The molecule has 0 saturated carbocycles. The lowest BCUT2D eigenvalue weighted by Crippen LogP contribution is -2.26. The molecule has 1 aromatic carbocycles. The number of hydrogen-bond donors (Lipinski definition) is 0. The second-order valence-corrected chi connectivity index (χ2v) is 16.1. The Kier molecular flexibility index (Phi) is 6.24. The molecule has 0 aromatic heterocycles. The molecule has 0 saturated heterocycles. The normalized spacial score (nSPS) is 12.8. The zero-order chi connectivity index (χ0) is 17.8. The summed E-state index contributed by atoms with van der Waals surface area (Å²) < 4.78 is 30.8. The second kappa shape index (κ2) is 7.36. The fraction of sp³-hybridized carbons (Fsp3) is 0.412. The summed E-state index contributed by atoms with van der Waals surface area (Å²) in [4.78, 5) is 0. The molecule has 0 aliphatic heterocycles. The molecule has 0 atom stereocenters. The molecule has 128 valence electrons. The topological polar surface area (TPSA) is 27.7 Å². The average molecular weight is 355 g/mol. The van der Waals surface area contributed by atoms with Gasteiger partial charge in [0.2, 0.25) is 16.6 Å². The molecule has 0 aliphatic rings. The van der Waals surface area contributed by atoms with Gasteiger partial charge in [-0.25, -0.2) is 4.39 Å². The molecule has 3 nitrogen and oxygen atoms in total. The molecule has 1 aromatic rings. The number of hydrogen-bond acceptors (Lipinski definition) is 3. The molecular weight excluding hydrogens is 327 g/mol. The van der Waals surface area contributed by atoms with E-state index in [1.807, 2.05) is 0 Å². The van der Waals surface area contributed by atoms with E-state index in [4.69, 9.17) is 13.6 Å². The number of benzene rings is 1. The van der Waals surface area contributed by atoms with E-state index in [0.717, 1.165) is 0 Å². The van der Waals surface area contributed by atoms with Crippen LogP contribution in [0.5, 0.6) is 5.75 Å². The molecule has 0 fully saturated rings. The molecule has 0 radical (unpaired) electrons. The summed E-state index contributed by atoms with van der Waals surface area (Å²) in [6.07, 6.45) is 1.77. The van der Waals surface area contributed by atoms with Crippen molar-refractivity contribution in [3.8, 4) is 5.75 Å². The van der Waals surface area contributed by atoms with Gasteiger partial charge in [0.1, 0.15) is 17.3 Å². The van der Waals surface area contributed by atoms with Crippen LogP contribution in [0.4, 0.5) is 4.39 Å². The molecule has 0 unspecified atom stereocenters. The molecule has 1 rings (SSSR count). The first-order valence-corrected chi connectivity index (χ1v) is 14.4. The van der Waals surface area contributed by atoms with Gasteiger partial charge >= 0.3 is 0 Å². The zero-order valence-electron chi connectivity index (χ0n) is 15.1. The maximum atomic E-state index is 13.5. The Morgan fingerprint density at radius 1 is 1.04 bits per heavy atom. The zero-order valence-corrected chi connectivity index (χ0v) is 17.1. The van der Waals surface area contributed by atoms with Crippen molar-refractivity contribution in [1.29, 1.82) is 0 Å². The standard InChI is InChI=1S/C17H27FO3Si2/c1-13(20-22(3,4)5)11-17(21-23(6,7)8)15-10-9-14(18)12-16(15)19-2/h9-12H,1H2,2-8H3/b17-11-. The van der Waals surface area contributed by atoms with Gasteiger partial charge in [-0.1, -0.05) is 6.58 Å². The van der Waals surface area contributed by atoms with Gasteiger partial charge in [-0.15, -0.1) is 0 Å². The molecular formula is C17H27FO3Si2. The first-order valence-electron chi connectivity index (χ1n) is 7.54. The van der Waals surface area contributed by atoms with Crippen molar-refractivity contribution < 1.29 is 18.0 Å². The third-order valence-corrected chi connectivity index (χ3v) is 4.28. The van der Waals surface area contributed by atoms with Gasteiger partial charge in [0.25, 0.3) is 0 Å². The maximum Gasteiger partial charge on any atom is 0.242 e. The van der Waals surface area contributed by atoms with Crippen LogP contribution in [0.1, 0.15) is 5.56 Å². The van der Waals surface area contributed by atoms with Crippen molar-refractivity contribution in [1.82, 2.24) is 0 Å². The number of rotatable bonds is 7. The average Bonchev–Trinajstić information content (AvgIpc) is 2.33. The molecule has 0 bridgehead atoms. The van der Waals surface area contributed by atoms with Crippen molar-refractivity contribution in [2.45, 2.75) is 39.3 Å². The van der Waals surface area contributed by atoms with E-state index < -0.39 is 16.6 Å². The van der Waals surface area contributed by atoms with E-state index in [1.54, 1.807) is 12.1 Å². The van der Waals surface area contributed by atoms with E-state index in [0.29, 0.717) is 22.8 Å². The highest BCUT2D eigenvalue weighted by Gasteiger charge is 2.22. The number of ether oxygens (including phenoxy) is 1. The maximum absolute atomic E-state index is 13.5. The lowest BCUT2D eigenvalue weighted by molar-refractivity contribution is 0.404. The van der Waals surface area contributed by atoms with Gasteiger partial charge in [-0.05, 0) is 51.4 Å². The van der Waals surface area contributed by atoms with Crippen LogP contribution in [0.2, 0.25) is 39.3 Å². The molecule has 0 N–H and O–H groups in total. The van der Waals surface area contributed by atoms with E-state index in [-0.39, 0.29) is 5.82 Å². The summed E-state index contributed by atoms with van der Waals surface area (Å²) in [5, 5.41) is 0. The Morgan fingerprint density at radius 2 is 1.61 bits per heavy atom. The fourth-order valence-corrected chi connectivity index (χ4v) is 3.60. The number of allylic oxidation sites excluding steroid dienone is 1. The molecule has 0 aliphatic carbocycles. The molecule has 6 heteroatoms. The number of halogens is 1. The molecule has 0 amide bonds. The minimum Gasteiger partial charge on any atom is -0.545 e. The summed E-state index contributed by atoms with van der Waals surface area (Å²) >= 11 is 0. The predicted molar refractivity (Wildman–Crippen MR) is 98.9 cm³/mol. The van der Waals surface area contributed by atoms with Crippen molar-refractivity contribution >= 4 is 22.4 Å². The van der Waals surface area contributed by atoms with E-state index >= 15 is 0 Å². The SMILES string of the molecule is C=C(/C=C(\O[Si](C)(C)C)c1ccc(F)cc1OC)O[Si](C)(C)C. The monoisotopic (exact) mass is 354 g/mol. The largest absolute Gasteiger partial charge is 0.545 e. The van der Waals surface area contributed by atoms with E-state index in [2.05, 4.69) is 45.9 Å². The van der Waals surface area contributed by atoms with Crippen LogP contribution < -0.4 is 4.74 Å².